The molecule has 14 N–H and O–H groups in total. The largest absolute Gasteiger partial charge is 0.490 e. The van der Waals surface area contributed by atoms with Gasteiger partial charge in [-0.25, -0.2) is 37.4 Å². The van der Waals surface area contributed by atoms with Gasteiger partial charge in [0.05, 0.1) is 32.0 Å². The number of rotatable bonds is 18. The Balaban J connectivity index is 1.12. The summed E-state index contributed by atoms with van der Waals surface area (Å²) >= 11 is 0. The number of aromatic nitrogens is 8. The number of ether oxygens (including phenoxy) is 2. The zero-order valence-corrected chi connectivity index (χ0v) is 34.9. The molecule has 0 spiro atoms. The molecule has 2 aliphatic rings. The first-order valence-corrected chi connectivity index (χ1v) is 25.0. The van der Waals surface area contributed by atoms with Gasteiger partial charge in [-0.05, 0) is 0 Å². The Kier molecular flexibility index (Phi) is 13.4. The maximum absolute atomic E-state index is 13.0. The number of phosphoric ester groups is 3. The molecule has 35 nitrogen and oxygen atoms in total. The highest BCUT2D eigenvalue weighted by molar-refractivity contribution is 7.67. The van der Waals surface area contributed by atoms with Crippen LogP contribution in [0.4, 0.5) is 11.9 Å². The zero-order chi connectivity index (χ0) is 45.1. The smallest absolute Gasteiger partial charge is 0.390 e. The number of phosphoric acid groups is 6. The van der Waals surface area contributed by atoms with E-state index in [1.165, 1.54) is 4.57 Å². The fraction of sp³-hybridized carbons (Fsp3) is 0.500. The minimum atomic E-state index is -6.20. The number of hydrogen-bond donors (Lipinski definition) is 12. The second-order valence-electron chi connectivity index (χ2n) is 12.2. The zero-order valence-electron chi connectivity index (χ0n) is 29.5. The number of aromatic amines is 2. The Labute approximate surface area is 334 Å². The number of imidazole rings is 2. The molecule has 0 bridgehead atoms. The standard InChI is InChI=1S/C20H30N10O25P6/c21-19-25-15-13(17(32)27-19)23-5-29(15)11-1-7(31)9(49-11)3-47-57(37,38)54-61(45,46)55-59(41,42)51-8-2-12(30-6-24-14-16(30)26-20(22)28-18(14)33)50-10(8)4-48-58(39,40)53-60(43,44)52-56(34,35)36/h5-12,31H,1-4H2,(H,37,38)(H,39,40)(H,41,42)(H,43,44)(H,45,46)(H2,34,35,36)(H3,21,25,27,32)(H3,22,26,28,33)/t7-,8-,9+,10+,11+,12+/m0/s1. The Morgan fingerprint density at radius 2 is 1.08 bits per heavy atom. The number of fused-ring (bicyclic) bond motifs is 2. The summed E-state index contributed by atoms with van der Waals surface area (Å²) in [6, 6.07) is 0. The van der Waals surface area contributed by atoms with Crippen molar-refractivity contribution in [2.75, 3.05) is 24.7 Å². The number of aliphatic hydroxyl groups excluding tert-OH is 1. The predicted molar refractivity (Wildman–Crippen MR) is 190 cm³/mol. The molecule has 0 aromatic carbocycles. The maximum atomic E-state index is 13.0. The van der Waals surface area contributed by atoms with Crippen molar-refractivity contribution in [2.24, 2.45) is 0 Å². The first-order valence-electron chi connectivity index (χ1n) is 16.0. The van der Waals surface area contributed by atoms with E-state index in [2.05, 4.69) is 56.2 Å². The molecule has 2 aliphatic heterocycles. The van der Waals surface area contributed by atoms with Crippen LogP contribution >= 0.6 is 46.9 Å². The molecule has 2 saturated heterocycles. The SMILES string of the molecule is Nc1nc2c(ncn2[C@H]2C[C@H](OP(=O)(O)OP(=O)(O)OP(=O)(O)OC[C@H]3O[C@@H](n4cnc5c(=O)[nH]c(N)nc54)C[C@@H]3O)[C@@H](COP(=O)(O)OP(=O)(O)OP(=O)(O)O)O2)c(=O)[nH]1. The maximum Gasteiger partial charge on any atom is 0.490 e. The highest BCUT2D eigenvalue weighted by Crippen LogP contribution is 2.69. The third kappa shape index (κ3) is 12.0. The van der Waals surface area contributed by atoms with Gasteiger partial charge >= 0.3 is 46.9 Å². The van der Waals surface area contributed by atoms with Crippen molar-refractivity contribution in [1.82, 2.24) is 39.0 Å². The highest BCUT2D eigenvalue weighted by atomic mass is 31.3. The lowest BCUT2D eigenvalue weighted by Crippen LogP contribution is -2.28. The number of aliphatic hydroxyl groups is 1. The van der Waals surface area contributed by atoms with Crippen molar-refractivity contribution < 1.29 is 107 Å². The first kappa shape index (κ1) is 47.5. The average molecular weight is 996 g/mol. The lowest BCUT2D eigenvalue weighted by Gasteiger charge is -2.23. The molecule has 6 heterocycles. The molecule has 2 fully saturated rings. The van der Waals surface area contributed by atoms with Gasteiger partial charge in [-0.1, -0.05) is 0 Å². The summed E-state index contributed by atoms with van der Waals surface area (Å²) < 4.78 is 116. The molecular weight excluding hydrogens is 966 g/mol. The molecule has 41 heteroatoms. The average Bonchev–Trinajstić information content (AvgIpc) is 3.85. The Morgan fingerprint density at radius 1 is 0.656 bits per heavy atom. The van der Waals surface area contributed by atoms with E-state index < -0.39 is 121 Å². The van der Waals surface area contributed by atoms with E-state index in [4.69, 9.17) is 35.3 Å². The van der Waals surface area contributed by atoms with Gasteiger partial charge in [0.25, 0.3) is 11.1 Å². The minimum absolute atomic E-state index is 0.0514. The summed E-state index contributed by atoms with van der Waals surface area (Å²) in [4.78, 5) is 112. The van der Waals surface area contributed by atoms with Gasteiger partial charge in [-0.3, -0.25) is 42.3 Å². The van der Waals surface area contributed by atoms with Crippen molar-refractivity contribution in [3.63, 3.8) is 0 Å². The quantitative estimate of drug-likeness (QED) is 0.0501. The number of nitrogens with two attached hydrogens (primary N) is 2. The van der Waals surface area contributed by atoms with Gasteiger partial charge in [0.2, 0.25) is 11.9 Å². The number of anilines is 2. The fourth-order valence-corrected chi connectivity index (χ4v) is 12.3. The number of nitrogens with one attached hydrogen (secondary N) is 2. The number of H-pyrrole nitrogens is 2. The molecule has 340 valence electrons. The third-order valence-corrected chi connectivity index (χ3v) is 15.9. The summed E-state index contributed by atoms with van der Waals surface area (Å²) in [6.45, 7) is -2.38. The lowest BCUT2D eigenvalue weighted by molar-refractivity contribution is -0.0429. The van der Waals surface area contributed by atoms with Crippen LogP contribution in [0.5, 0.6) is 0 Å². The molecule has 4 aromatic heterocycles. The van der Waals surface area contributed by atoms with Crippen LogP contribution in [0.1, 0.15) is 25.3 Å². The fourth-order valence-electron chi connectivity index (χ4n) is 5.60. The normalized spacial score (nSPS) is 27.3. The number of nitrogen functional groups attached to an aromatic ring is 2. The third-order valence-electron chi connectivity index (χ3n) is 7.81. The summed E-state index contributed by atoms with van der Waals surface area (Å²) in [5.74, 6) is -0.699. The monoisotopic (exact) mass is 996 g/mol. The van der Waals surface area contributed by atoms with E-state index in [9.17, 15) is 66.6 Å². The van der Waals surface area contributed by atoms with Gasteiger partial charge < -0.3 is 60.3 Å². The van der Waals surface area contributed by atoms with Gasteiger partial charge in [0.15, 0.2) is 22.3 Å². The van der Waals surface area contributed by atoms with Crippen LogP contribution in [0.25, 0.3) is 22.3 Å². The van der Waals surface area contributed by atoms with Crippen molar-refractivity contribution in [2.45, 2.75) is 49.7 Å². The molecule has 0 saturated carbocycles. The van der Waals surface area contributed by atoms with Crippen molar-refractivity contribution in [3.8, 4) is 0 Å². The summed E-state index contributed by atoms with van der Waals surface area (Å²) in [5, 5.41) is 10.5. The minimum Gasteiger partial charge on any atom is -0.390 e. The van der Waals surface area contributed by atoms with Gasteiger partial charge in [-0.15, -0.1) is 0 Å². The van der Waals surface area contributed by atoms with E-state index in [-0.39, 0.29) is 34.7 Å². The van der Waals surface area contributed by atoms with Crippen molar-refractivity contribution >= 4 is 81.2 Å². The number of nitrogens with zero attached hydrogens (tertiary/aromatic N) is 6. The number of hydrogen-bond acceptors (Lipinski definition) is 24. The van der Waals surface area contributed by atoms with Crippen LogP contribution < -0.4 is 22.6 Å². The molecule has 0 radical (unpaired) electrons. The Hall–Kier alpha value is -3.00. The first-order chi connectivity index (χ1) is 28.0. The highest BCUT2D eigenvalue weighted by Gasteiger charge is 2.49. The second kappa shape index (κ2) is 17.2. The molecule has 61 heavy (non-hydrogen) atoms. The predicted octanol–water partition coefficient (Wildman–Crippen LogP) is -1.57. The summed E-state index contributed by atoms with van der Waals surface area (Å²) in [6.07, 6.45) is -8.26. The van der Waals surface area contributed by atoms with Gasteiger partial charge in [-0.2, -0.15) is 27.2 Å². The van der Waals surface area contributed by atoms with E-state index in [1.54, 1.807) is 0 Å². The van der Waals surface area contributed by atoms with Crippen molar-refractivity contribution in [3.05, 3.63) is 33.4 Å². The summed E-state index contributed by atoms with van der Waals surface area (Å²) in [5.41, 5.74) is 8.84. The van der Waals surface area contributed by atoms with Crippen molar-refractivity contribution in [1.29, 1.82) is 0 Å². The van der Waals surface area contributed by atoms with E-state index in [1.807, 2.05) is 0 Å². The molecular formula is C20H30N10O25P6. The van der Waals surface area contributed by atoms with E-state index in [0.717, 1.165) is 17.2 Å². The summed E-state index contributed by atoms with van der Waals surface area (Å²) in [7, 11) is -35.7. The lowest BCUT2D eigenvalue weighted by atomic mass is 10.2. The molecule has 11 atom stereocenters. The van der Waals surface area contributed by atoms with Gasteiger partial charge in [0, 0.05) is 12.8 Å². The topological polar surface area (TPSA) is 527 Å². The van der Waals surface area contributed by atoms with E-state index >= 15 is 0 Å². The molecule has 5 unspecified atom stereocenters. The molecule has 0 amide bonds. The van der Waals surface area contributed by atoms with Crippen LogP contribution in [0.15, 0.2) is 22.2 Å². The Morgan fingerprint density at radius 3 is 1.57 bits per heavy atom. The van der Waals surface area contributed by atoms with Crippen LogP contribution in [-0.4, -0.2) is 116 Å². The molecule has 4 aromatic rings. The Bertz CT molecular complexity index is 2740. The van der Waals surface area contributed by atoms with Crippen LogP contribution in [0.2, 0.25) is 0 Å². The molecule has 6 rings (SSSR count). The van der Waals surface area contributed by atoms with Gasteiger partial charge in [0.1, 0.15) is 30.8 Å². The molecule has 0 aliphatic carbocycles. The van der Waals surface area contributed by atoms with Crippen LogP contribution in [0, 0.1) is 0 Å². The van der Waals surface area contributed by atoms with Crippen LogP contribution in [0.3, 0.4) is 0 Å². The second-order valence-corrected chi connectivity index (χ2v) is 21.2. The van der Waals surface area contributed by atoms with E-state index in [0.29, 0.717) is 0 Å². The van der Waals surface area contributed by atoms with Crippen LogP contribution in [-0.2, 0) is 67.7 Å².